The number of nitrogens with one attached hydrogen (secondary N) is 1. The average molecular weight is 386 g/mol. The molecule has 6 nitrogen and oxygen atoms in total. The third-order valence-corrected chi connectivity index (χ3v) is 4.46. The van der Waals surface area contributed by atoms with Gasteiger partial charge in [0.1, 0.15) is 5.82 Å². The summed E-state index contributed by atoms with van der Waals surface area (Å²) in [4.78, 5) is 28.0. The van der Waals surface area contributed by atoms with Crippen molar-refractivity contribution in [3.05, 3.63) is 64.4 Å². The van der Waals surface area contributed by atoms with Gasteiger partial charge >= 0.3 is 5.97 Å². The average Bonchev–Trinajstić information content (AvgIpc) is 2.97. The second-order valence-electron chi connectivity index (χ2n) is 6.58. The van der Waals surface area contributed by atoms with Crippen molar-refractivity contribution < 1.29 is 14.7 Å². The Balaban J connectivity index is 1.80. The molecule has 3 rings (SSSR count). The number of nitrogens with zero attached hydrogens (tertiary/aromatic N) is 2. The van der Waals surface area contributed by atoms with E-state index in [0.29, 0.717) is 16.4 Å². The molecule has 0 aliphatic carbocycles. The van der Waals surface area contributed by atoms with Gasteiger partial charge in [-0.3, -0.25) is 4.79 Å². The third kappa shape index (κ3) is 4.28. The molecule has 7 heteroatoms. The highest BCUT2D eigenvalue weighted by molar-refractivity contribution is 6.30. The van der Waals surface area contributed by atoms with Gasteiger partial charge in [-0.2, -0.15) is 0 Å². The number of carboxylic acids is 1. The zero-order valence-corrected chi connectivity index (χ0v) is 15.8. The lowest BCUT2D eigenvalue weighted by molar-refractivity contribution is -0.120. The quantitative estimate of drug-likeness (QED) is 0.675. The number of hydrogen-bond acceptors (Lipinski definition) is 3. The number of imidazole rings is 1. The van der Waals surface area contributed by atoms with Gasteiger partial charge in [0, 0.05) is 11.1 Å². The molecular weight excluding hydrogens is 366 g/mol. The molecule has 0 fully saturated rings. The summed E-state index contributed by atoms with van der Waals surface area (Å²) < 4.78 is 2.00. The predicted molar refractivity (Wildman–Crippen MR) is 104 cm³/mol. The van der Waals surface area contributed by atoms with Crippen LogP contribution < -0.4 is 5.32 Å². The number of hydrogen-bond donors (Lipinski definition) is 2. The molecule has 0 aliphatic heterocycles. The van der Waals surface area contributed by atoms with Gasteiger partial charge in [0.25, 0.3) is 0 Å². The summed E-state index contributed by atoms with van der Waals surface area (Å²) in [6, 6.07) is 12.2. The smallest absolute Gasteiger partial charge is 0.335 e. The standard InChI is InChI=1S/C20H20ClN3O3/c1-12(2)24-17-7-6-14(20(26)27)10-16(17)23-18(24)11-22-19(25)9-13-4-3-5-15(21)8-13/h3-8,10,12H,9,11H2,1-2H3,(H,22,25)(H,26,27). The number of halogens is 1. The van der Waals surface area contributed by atoms with Crippen LogP contribution in [0.2, 0.25) is 5.02 Å². The van der Waals surface area contributed by atoms with E-state index in [1.165, 1.54) is 0 Å². The largest absolute Gasteiger partial charge is 0.478 e. The number of carboxylic acid groups (broad SMARTS) is 1. The second kappa shape index (κ2) is 7.80. The molecule has 3 aromatic rings. The summed E-state index contributed by atoms with van der Waals surface area (Å²) in [5, 5.41) is 12.6. The Kier molecular flexibility index (Phi) is 5.46. The summed E-state index contributed by atoms with van der Waals surface area (Å²) >= 11 is 5.95. The van der Waals surface area contributed by atoms with Crippen molar-refractivity contribution in [3.8, 4) is 0 Å². The summed E-state index contributed by atoms with van der Waals surface area (Å²) in [5.74, 6) is -0.444. The first-order valence-corrected chi connectivity index (χ1v) is 8.98. The topological polar surface area (TPSA) is 84.2 Å². The molecule has 0 bridgehead atoms. The van der Waals surface area contributed by atoms with Crippen molar-refractivity contribution in [2.45, 2.75) is 32.9 Å². The van der Waals surface area contributed by atoms with Crippen molar-refractivity contribution in [2.24, 2.45) is 0 Å². The lowest BCUT2D eigenvalue weighted by atomic mass is 10.1. The molecule has 0 aliphatic rings. The van der Waals surface area contributed by atoms with Gasteiger partial charge in [0.15, 0.2) is 0 Å². The number of carbonyl (C=O) groups is 2. The number of benzene rings is 2. The Morgan fingerprint density at radius 2 is 2.00 bits per heavy atom. The highest BCUT2D eigenvalue weighted by Crippen LogP contribution is 2.22. The molecular formula is C20H20ClN3O3. The summed E-state index contributed by atoms with van der Waals surface area (Å²) in [6.45, 7) is 4.29. The summed E-state index contributed by atoms with van der Waals surface area (Å²) in [7, 11) is 0. The first kappa shape index (κ1) is 18.9. The molecule has 140 valence electrons. The van der Waals surface area contributed by atoms with E-state index in [2.05, 4.69) is 10.3 Å². The Morgan fingerprint density at radius 1 is 1.22 bits per heavy atom. The summed E-state index contributed by atoms with van der Waals surface area (Å²) in [6.07, 6.45) is 0.228. The van der Waals surface area contributed by atoms with Crippen molar-refractivity contribution in [2.75, 3.05) is 0 Å². The molecule has 0 saturated heterocycles. The van der Waals surface area contributed by atoms with E-state index in [0.717, 1.165) is 11.1 Å². The van der Waals surface area contributed by atoms with Crippen LogP contribution in [0.5, 0.6) is 0 Å². The fourth-order valence-corrected chi connectivity index (χ4v) is 3.27. The minimum Gasteiger partial charge on any atom is -0.478 e. The molecule has 1 heterocycles. The van der Waals surface area contributed by atoms with Crippen LogP contribution in [-0.4, -0.2) is 26.5 Å². The Bertz CT molecular complexity index is 1010. The Labute approximate surface area is 161 Å². The molecule has 27 heavy (non-hydrogen) atoms. The second-order valence-corrected chi connectivity index (χ2v) is 7.02. The zero-order chi connectivity index (χ0) is 19.6. The van der Waals surface area contributed by atoms with Gasteiger partial charge in [0.2, 0.25) is 5.91 Å². The summed E-state index contributed by atoms with van der Waals surface area (Å²) in [5.41, 5.74) is 2.47. The highest BCUT2D eigenvalue weighted by Gasteiger charge is 2.16. The van der Waals surface area contributed by atoms with Gasteiger partial charge in [0.05, 0.1) is 29.6 Å². The monoisotopic (exact) mass is 385 g/mol. The van der Waals surface area contributed by atoms with Gasteiger partial charge in [-0.05, 0) is 49.7 Å². The maximum Gasteiger partial charge on any atom is 0.335 e. The number of amides is 1. The molecule has 0 radical (unpaired) electrons. The van der Waals surface area contributed by atoms with E-state index in [4.69, 9.17) is 16.7 Å². The van der Waals surface area contributed by atoms with Crippen LogP contribution in [0, 0.1) is 0 Å². The normalized spacial score (nSPS) is 11.1. The molecule has 1 amide bonds. The van der Waals surface area contributed by atoms with Crippen LogP contribution in [0.3, 0.4) is 0 Å². The minimum atomic E-state index is -0.993. The SMILES string of the molecule is CC(C)n1c(CNC(=O)Cc2cccc(Cl)c2)nc2cc(C(=O)O)ccc21. The molecule has 2 aromatic carbocycles. The minimum absolute atomic E-state index is 0.116. The van der Waals surface area contributed by atoms with Crippen molar-refractivity contribution >= 4 is 34.5 Å². The third-order valence-electron chi connectivity index (χ3n) is 4.22. The first-order chi connectivity index (χ1) is 12.8. The number of aromatic carboxylic acids is 1. The van der Waals surface area contributed by atoms with Gasteiger partial charge < -0.3 is 15.0 Å². The predicted octanol–water partition coefficient (Wildman–Crippen LogP) is 3.83. The van der Waals surface area contributed by atoms with Gasteiger partial charge in [-0.25, -0.2) is 9.78 Å². The van der Waals surface area contributed by atoms with Gasteiger partial charge in [-0.1, -0.05) is 23.7 Å². The molecule has 0 unspecified atom stereocenters. The van der Waals surface area contributed by atoms with Crippen LogP contribution in [0.25, 0.3) is 11.0 Å². The number of aromatic nitrogens is 2. The van der Waals surface area contributed by atoms with E-state index in [1.807, 2.05) is 30.5 Å². The van der Waals surface area contributed by atoms with Crippen LogP contribution in [0.1, 0.15) is 41.6 Å². The zero-order valence-electron chi connectivity index (χ0n) is 15.1. The van der Waals surface area contributed by atoms with E-state index in [1.54, 1.807) is 30.3 Å². The number of rotatable bonds is 6. The molecule has 0 atom stereocenters. The van der Waals surface area contributed by atoms with Gasteiger partial charge in [-0.15, -0.1) is 0 Å². The van der Waals surface area contributed by atoms with Crippen molar-refractivity contribution in [1.82, 2.24) is 14.9 Å². The maximum absolute atomic E-state index is 12.3. The lowest BCUT2D eigenvalue weighted by Gasteiger charge is -2.13. The Morgan fingerprint density at radius 3 is 2.67 bits per heavy atom. The molecule has 0 saturated carbocycles. The molecule has 2 N–H and O–H groups in total. The van der Waals surface area contributed by atoms with Crippen molar-refractivity contribution in [3.63, 3.8) is 0 Å². The molecule has 0 spiro atoms. The van der Waals surface area contributed by atoms with Crippen LogP contribution in [0.4, 0.5) is 0 Å². The fourth-order valence-electron chi connectivity index (χ4n) is 3.06. The van der Waals surface area contributed by atoms with E-state index in [-0.39, 0.29) is 30.5 Å². The van der Waals surface area contributed by atoms with Crippen molar-refractivity contribution in [1.29, 1.82) is 0 Å². The van der Waals surface area contributed by atoms with Crippen LogP contribution >= 0.6 is 11.6 Å². The lowest BCUT2D eigenvalue weighted by Crippen LogP contribution is -2.26. The number of fused-ring (bicyclic) bond motifs is 1. The molecule has 1 aromatic heterocycles. The Hall–Kier alpha value is -2.86. The van der Waals surface area contributed by atoms with E-state index >= 15 is 0 Å². The maximum atomic E-state index is 12.3. The van der Waals surface area contributed by atoms with E-state index < -0.39 is 5.97 Å². The highest BCUT2D eigenvalue weighted by atomic mass is 35.5. The fraction of sp³-hybridized carbons (Fsp3) is 0.250. The first-order valence-electron chi connectivity index (χ1n) is 8.60. The number of carbonyl (C=O) groups excluding carboxylic acids is 1. The van der Waals surface area contributed by atoms with Crippen LogP contribution in [-0.2, 0) is 17.8 Å². The van der Waals surface area contributed by atoms with E-state index in [9.17, 15) is 9.59 Å². The van der Waals surface area contributed by atoms with Crippen LogP contribution in [0.15, 0.2) is 42.5 Å².